The topological polar surface area (TPSA) is 64.3 Å². The van der Waals surface area contributed by atoms with Crippen LogP contribution >= 0.6 is 11.6 Å². The number of hydrogen-bond donors (Lipinski definition) is 2. The van der Waals surface area contributed by atoms with Gasteiger partial charge in [-0.2, -0.15) is 0 Å². The Bertz CT molecular complexity index is 473. The normalized spacial score (nSPS) is 16.9. The summed E-state index contributed by atoms with van der Waals surface area (Å²) in [6, 6.07) is 5.04. The smallest absolute Gasteiger partial charge is 0.255 e. The summed E-state index contributed by atoms with van der Waals surface area (Å²) in [6.45, 7) is 0.465. The summed E-state index contributed by atoms with van der Waals surface area (Å²) >= 11 is 5.91. The molecule has 1 fully saturated rings. The average Bonchev–Trinajstić information content (AvgIpc) is 2.98. The molecule has 5 heteroatoms. The molecule has 3 N–H and O–H groups in total. The number of nitrogens with two attached hydrogens (primary N) is 1. The van der Waals surface area contributed by atoms with Gasteiger partial charge in [0.2, 0.25) is 0 Å². The zero-order chi connectivity index (χ0) is 14.5. The van der Waals surface area contributed by atoms with E-state index in [4.69, 9.17) is 22.1 Å². The van der Waals surface area contributed by atoms with Crippen LogP contribution in [0.3, 0.4) is 0 Å². The van der Waals surface area contributed by atoms with E-state index >= 15 is 0 Å². The van der Waals surface area contributed by atoms with E-state index in [1.54, 1.807) is 18.2 Å². The van der Waals surface area contributed by atoms with E-state index in [1.807, 2.05) is 0 Å². The highest BCUT2D eigenvalue weighted by Crippen LogP contribution is 2.28. The Hall–Kier alpha value is -1.26. The maximum absolute atomic E-state index is 12.4. The van der Waals surface area contributed by atoms with Crippen molar-refractivity contribution in [3.05, 3.63) is 28.8 Å². The van der Waals surface area contributed by atoms with Gasteiger partial charge in [-0.1, -0.05) is 24.4 Å². The molecule has 4 nitrogen and oxygen atoms in total. The third kappa shape index (κ3) is 3.44. The molecule has 0 radical (unpaired) electrons. The molecule has 2 rings (SSSR count). The number of nitrogens with one attached hydrogen (secondary N) is 1. The summed E-state index contributed by atoms with van der Waals surface area (Å²) in [5.74, 6) is 0.820. The van der Waals surface area contributed by atoms with Crippen molar-refractivity contribution in [1.29, 1.82) is 0 Å². The van der Waals surface area contributed by atoms with Crippen LogP contribution < -0.4 is 15.8 Å². The fourth-order valence-electron chi connectivity index (χ4n) is 2.83. The molecular formula is C15H21ClN2O2. The Kier molecular flexibility index (Phi) is 5.26. The van der Waals surface area contributed by atoms with Crippen molar-refractivity contribution >= 4 is 17.5 Å². The number of rotatable bonds is 5. The second-order valence-corrected chi connectivity index (χ2v) is 5.64. The summed E-state index contributed by atoms with van der Waals surface area (Å²) in [7, 11) is 1.53. The van der Waals surface area contributed by atoms with Crippen LogP contribution in [0, 0.1) is 5.92 Å². The van der Waals surface area contributed by atoms with Crippen LogP contribution in [0.2, 0.25) is 5.02 Å². The van der Waals surface area contributed by atoms with Crippen molar-refractivity contribution in [3.8, 4) is 5.75 Å². The van der Waals surface area contributed by atoms with Crippen LogP contribution in [0.5, 0.6) is 5.75 Å². The van der Waals surface area contributed by atoms with Crippen molar-refractivity contribution in [2.24, 2.45) is 11.7 Å². The van der Waals surface area contributed by atoms with E-state index in [2.05, 4.69) is 5.32 Å². The number of carbonyl (C=O) groups excluding carboxylic acids is 1. The monoisotopic (exact) mass is 296 g/mol. The lowest BCUT2D eigenvalue weighted by molar-refractivity contribution is 0.0921. The largest absolute Gasteiger partial charge is 0.496 e. The zero-order valence-electron chi connectivity index (χ0n) is 11.7. The SMILES string of the molecule is COc1cc(Cl)ccc1C(=O)NC(CN)C1CCCC1. The first kappa shape index (κ1) is 15.1. The van der Waals surface area contributed by atoms with Crippen LogP contribution in [0.4, 0.5) is 0 Å². The van der Waals surface area contributed by atoms with E-state index in [0.29, 0.717) is 28.8 Å². The van der Waals surface area contributed by atoms with E-state index in [9.17, 15) is 4.79 Å². The molecule has 0 spiro atoms. The molecule has 110 valence electrons. The maximum atomic E-state index is 12.4. The molecule has 1 aromatic rings. The van der Waals surface area contributed by atoms with Crippen LogP contribution in [-0.2, 0) is 0 Å². The van der Waals surface area contributed by atoms with Gasteiger partial charge in [0.15, 0.2) is 0 Å². The minimum absolute atomic E-state index is 0.0328. The first-order chi connectivity index (χ1) is 9.65. The van der Waals surface area contributed by atoms with E-state index in [1.165, 1.54) is 20.0 Å². The van der Waals surface area contributed by atoms with E-state index in [0.717, 1.165) is 12.8 Å². The highest BCUT2D eigenvalue weighted by Gasteiger charge is 2.26. The molecular weight excluding hydrogens is 276 g/mol. The summed E-state index contributed by atoms with van der Waals surface area (Å²) < 4.78 is 5.21. The molecule has 0 saturated heterocycles. The first-order valence-corrected chi connectivity index (χ1v) is 7.38. The van der Waals surface area contributed by atoms with Gasteiger partial charge in [-0.15, -0.1) is 0 Å². The van der Waals surface area contributed by atoms with Crippen LogP contribution in [-0.4, -0.2) is 25.6 Å². The Labute approximate surface area is 124 Å². The molecule has 1 saturated carbocycles. The third-order valence-corrected chi connectivity index (χ3v) is 4.18. The van der Waals surface area contributed by atoms with Crippen molar-refractivity contribution in [1.82, 2.24) is 5.32 Å². The predicted molar refractivity (Wildman–Crippen MR) is 80.3 cm³/mol. The van der Waals surface area contributed by atoms with E-state index < -0.39 is 0 Å². The van der Waals surface area contributed by atoms with Crippen molar-refractivity contribution in [3.63, 3.8) is 0 Å². The Morgan fingerprint density at radius 3 is 2.80 bits per heavy atom. The zero-order valence-corrected chi connectivity index (χ0v) is 12.5. The molecule has 1 aliphatic carbocycles. The van der Waals surface area contributed by atoms with Gasteiger partial charge in [0.05, 0.1) is 12.7 Å². The Balaban J connectivity index is 2.10. The lowest BCUT2D eigenvalue weighted by Gasteiger charge is -2.23. The number of hydrogen-bond acceptors (Lipinski definition) is 3. The first-order valence-electron chi connectivity index (χ1n) is 7.00. The summed E-state index contributed by atoms with van der Waals surface area (Å²) in [6.07, 6.45) is 4.72. The number of halogens is 1. The molecule has 20 heavy (non-hydrogen) atoms. The highest BCUT2D eigenvalue weighted by molar-refractivity contribution is 6.30. The standard InChI is InChI=1S/C15H21ClN2O2/c1-20-14-8-11(16)6-7-12(14)15(19)18-13(9-17)10-4-2-3-5-10/h6-8,10,13H,2-5,9,17H2,1H3,(H,18,19). The lowest BCUT2D eigenvalue weighted by atomic mass is 9.98. The molecule has 0 aliphatic heterocycles. The van der Waals surface area contributed by atoms with Crippen LogP contribution in [0.25, 0.3) is 0 Å². The van der Waals surface area contributed by atoms with Gasteiger partial charge in [-0.05, 0) is 37.0 Å². The van der Waals surface area contributed by atoms with Gasteiger partial charge in [0, 0.05) is 17.6 Å². The minimum Gasteiger partial charge on any atom is -0.496 e. The third-order valence-electron chi connectivity index (χ3n) is 3.95. The fourth-order valence-corrected chi connectivity index (χ4v) is 2.99. The van der Waals surface area contributed by atoms with Gasteiger partial charge in [0.1, 0.15) is 5.75 Å². The molecule has 1 unspecified atom stereocenters. The van der Waals surface area contributed by atoms with Gasteiger partial charge in [0.25, 0.3) is 5.91 Å². The van der Waals surface area contributed by atoms with Crippen molar-refractivity contribution < 1.29 is 9.53 Å². The maximum Gasteiger partial charge on any atom is 0.255 e. The molecule has 1 atom stereocenters. The molecule has 0 heterocycles. The number of amides is 1. The number of benzene rings is 1. The Morgan fingerprint density at radius 1 is 1.50 bits per heavy atom. The van der Waals surface area contributed by atoms with E-state index in [-0.39, 0.29) is 11.9 Å². The summed E-state index contributed by atoms with van der Waals surface area (Å²) in [5.41, 5.74) is 6.30. The number of ether oxygens (including phenoxy) is 1. The molecule has 1 amide bonds. The van der Waals surface area contributed by atoms with Gasteiger partial charge < -0.3 is 15.8 Å². The van der Waals surface area contributed by atoms with Crippen LogP contribution in [0.1, 0.15) is 36.0 Å². The molecule has 0 bridgehead atoms. The van der Waals surface area contributed by atoms with Crippen LogP contribution in [0.15, 0.2) is 18.2 Å². The molecule has 1 aromatic carbocycles. The molecule has 0 aromatic heterocycles. The summed E-state index contributed by atoms with van der Waals surface area (Å²) in [5, 5.41) is 3.58. The minimum atomic E-state index is -0.152. The number of carbonyl (C=O) groups is 1. The lowest BCUT2D eigenvalue weighted by Crippen LogP contribution is -2.44. The second kappa shape index (κ2) is 6.95. The fraction of sp³-hybridized carbons (Fsp3) is 0.533. The van der Waals surface area contributed by atoms with Gasteiger partial charge in [-0.25, -0.2) is 0 Å². The predicted octanol–water partition coefficient (Wildman–Crippen LogP) is 2.60. The molecule has 1 aliphatic rings. The summed E-state index contributed by atoms with van der Waals surface area (Å²) in [4.78, 5) is 12.4. The van der Waals surface area contributed by atoms with Crippen molar-refractivity contribution in [2.75, 3.05) is 13.7 Å². The Morgan fingerprint density at radius 2 is 2.20 bits per heavy atom. The highest BCUT2D eigenvalue weighted by atomic mass is 35.5. The quantitative estimate of drug-likeness (QED) is 0.878. The van der Waals surface area contributed by atoms with Crippen molar-refractivity contribution in [2.45, 2.75) is 31.7 Å². The number of methoxy groups -OCH3 is 1. The van der Waals surface area contributed by atoms with Gasteiger partial charge in [-0.3, -0.25) is 4.79 Å². The van der Waals surface area contributed by atoms with Gasteiger partial charge >= 0.3 is 0 Å². The average molecular weight is 297 g/mol. The second-order valence-electron chi connectivity index (χ2n) is 5.20.